The van der Waals surface area contributed by atoms with Crippen LogP contribution in [0.15, 0.2) is 18.2 Å². The fourth-order valence-electron chi connectivity index (χ4n) is 1.95. The average molecular weight is 393 g/mol. The highest BCUT2D eigenvalue weighted by molar-refractivity contribution is 14.1. The van der Waals surface area contributed by atoms with E-state index in [0.29, 0.717) is 11.1 Å². The molecule has 7 heteroatoms. The van der Waals surface area contributed by atoms with E-state index < -0.39 is 9.84 Å². The van der Waals surface area contributed by atoms with E-state index >= 15 is 0 Å². The van der Waals surface area contributed by atoms with Crippen molar-refractivity contribution < 1.29 is 18.0 Å². The monoisotopic (exact) mass is 393 g/mol. The van der Waals surface area contributed by atoms with Gasteiger partial charge in [0.05, 0.1) is 16.9 Å². The summed E-state index contributed by atoms with van der Waals surface area (Å²) in [7, 11) is -3.08. The number of nitrogens with zero attached hydrogens (tertiary/aromatic N) is 1. The number of rotatable bonds is 4. The van der Waals surface area contributed by atoms with Gasteiger partial charge in [-0.2, -0.15) is 0 Å². The van der Waals surface area contributed by atoms with Crippen LogP contribution in [0.1, 0.15) is 27.1 Å². The molecule has 1 aliphatic heterocycles. The Morgan fingerprint density at radius 1 is 1.16 bits per heavy atom. The minimum absolute atomic E-state index is 0.0298. The predicted molar refractivity (Wildman–Crippen MR) is 78.9 cm³/mol. The first-order valence-corrected chi connectivity index (χ1v) is 8.77. The van der Waals surface area contributed by atoms with Crippen molar-refractivity contribution in [1.82, 2.24) is 4.90 Å². The number of hydrogen-bond donors (Lipinski definition) is 0. The summed E-state index contributed by atoms with van der Waals surface area (Å²) >= 11 is 2.08. The van der Waals surface area contributed by atoms with Crippen molar-refractivity contribution in [2.24, 2.45) is 0 Å². The Bertz CT molecular complexity index is 654. The van der Waals surface area contributed by atoms with Gasteiger partial charge in [0, 0.05) is 16.4 Å². The van der Waals surface area contributed by atoms with E-state index in [9.17, 15) is 18.0 Å². The number of hydrogen-bond acceptors (Lipinski definition) is 4. The van der Waals surface area contributed by atoms with Gasteiger partial charge in [-0.25, -0.2) is 8.42 Å². The molecule has 1 aromatic carbocycles. The first kappa shape index (κ1) is 14.4. The summed E-state index contributed by atoms with van der Waals surface area (Å²) in [5, 5.41) is 0. The molecule has 0 saturated carbocycles. The number of halogens is 1. The second kappa shape index (κ2) is 5.20. The third kappa shape index (κ3) is 3.14. The number of imide groups is 1. The lowest BCUT2D eigenvalue weighted by Crippen LogP contribution is -2.31. The minimum atomic E-state index is -3.08. The molecule has 102 valence electrons. The van der Waals surface area contributed by atoms with Crippen molar-refractivity contribution in [3.05, 3.63) is 32.9 Å². The van der Waals surface area contributed by atoms with Gasteiger partial charge in [-0.1, -0.05) is 0 Å². The van der Waals surface area contributed by atoms with E-state index in [2.05, 4.69) is 22.6 Å². The van der Waals surface area contributed by atoms with Crippen LogP contribution in [0.2, 0.25) is 0 Å². The van der Waals surface area contributed by atoms with Gasteiger partial charge < -0.3 is 0 Å². The summed E-state index contributed by atoms with van der Waals surface area (Å²) < 4.78 is 23.0. The Morgan fingerprint density at radius 2 is 1.79 bits per heavy atom. The fourth-order valence-corrected chi connectivity index (χ4v) is 3.10. The zero-order chi connectivity index (χ0) is 14.2. The number of sulfone groups is 1. The molecule has 0 aromatic heterocycles. The van der Waals surface area contributed by atoms with Crippen molar-refractivity contribution >= 4 is 44.2 Å². The molecule has 19 heavy (non-hydrogen) atoms. The number of benzene rings is 1. The average Bonchev–Trinajstić information content (AvgIpc) is 2.52. The van der Waals surface area contributed by atoms with E-state index in [0.717, 1.165) is 14.7 Å². The van der Waals surface area contributed by atoms with Crippen LogP contribution < -0.4 is 0 Å². The van der Waals surface area contributed by atoms with Gasteiger partial charge >= 0.3 is 0 Å². The van der Waals surface area contributed by atoms with Crippen LogP contribution in [-0.4, -0.2) is 43.7 Å². The highest BCUT2D eigenvalue weighted by Gasteiger charge is 2.35. The highest BCUT2D eigenvalue weighted by Crippen LogP contribution is 2.24. The minimum Gasteiger partial charge on any atom is -0.274 e. The molecule has 0 bridgehead atoms. The first-order chi connectivity index (χ1) is 8.79. The molecular formula is C12H12INO4S. The number of amides is 2. The predicted octanol–water partition coefficient (Wildman–Crippen LogP) is 1.32. The van der Waals surface area contributed by atoms with Crippen LogP contribution in [-0.2, 0) is 9.84 Å². The molecule has 0 atom stereocenters. The standard InChI is InChI=1S/C12H12INO4S/c1-19(17,18)6-2-5-14-11(15)9-4-3-8(13)7-10(9)12(14)16/h3-4,7H,2,5-6H2,1H3. The summed E-state index contributed by atoms with van der Waals surface area (Å²) in [5.41, 5.74) is 0.793. The molecule has 0 saturated heterocycles. The molecule has 0 N–H and O–H groups in total. The zero-order valence-electron chi connectivity index (χ0n) is 10.2. The van der Waals surface area contributed by atoms with Gasteiger partial charge in [-0.15, -0.1) is 0 Å². The van der Waals surface area contributed by atoms with Crippen LogP contribution >= 0.6 is 22.6 Å². The molecule has 0 spiro atoms. The molecule has 2 amide bonds. The maximum Gasteiger partial charge on any atom is 0.261 e. The topological polar surface area (TPSA) is 71.5 Å². The number of carbonyl (C=O) groups excluding carboxylic acids is 2. The third-order valence-electron chi connectivity index (χ3n) is 2.83. The molecule has 5 nitrogen and oxygen atoms in total. The Kier molecular flexibility index (Phi) is 3.95. The maximum atomic E-state index is 12.1. The molecule has 2 rings (SSSR count). The molecule has 1 heterocycles. The lowest BCUT2D eigenvalue weighted by molar-refractivity contribution is 0.0654. The lowest BCUT2D eigenvalue weighted by Gasteiger charge is -2.12. The number of fused-ring (bicyclic) bond motifs is 1. The van der Waals surface area contributed by atoms with Crippen LogP contribution in [0.4, 0.5) is 0 Å². The molecule has 1 aromatic rings. The van der Waals surface area contributed by atoms with Crippen molar-refractivity contribution in [3.63, 3.8) is 0 Å². The SMILES string of the molecule is CS(=O)(=O)CCCN1C(=O)c2ccc(I)cc2C1=O. The van der Waals surface area contributed by atoms with Crippen LogP contribution in [0.25, 0.3) is 0 Å². The summed E-state index contributed by atoms with van der Waals surface area (Å²) in [6.45, 7) is 0.135. The number of carbonyl (C=O) groups is 2. The Morgan fingerprint density at radius 3 is 2.42 bits per heavy atom. The molecule has 0 fully saturated rings. The van der Waals surface area contributed by atoms with E-state index in [1.807, 2.05) is 0 Å². The summed E-state index contributed by atoms with van der Waals surface area (Å²) in [6, 6.07) is 5.07. The van der Waals surface area contributed by atoms with Crippen molar-refractivity contribution in [2.45, 2.75) is 6.42 Å². The van der Waals surface area contributed by atoms with E-state index in [-0.39, 0.29) is 30.5 Å². The second-order valence-electron chi connectivity index (χ2n) is 4.44. The van der Waals surface area contributed by atoms with Gasteiger partial charge in [0.2, 0.25) is 0 Å². The van der Waals surface area contributed by atoms with Gasteiger partial charge in [0.25, 0.3) is 11.8 Å². The molecule has 0 aliphatic carbocycles. The van der Waals surface area contributed by atoms with E-state index in [1.54, 1.807) is 18.2 Å². The van der Waals surface area contributed by atoms with Crippen molar-refractivity contribution in [1.29, 1.82) is 0 Å². The van der Waals surface area contributed by atoms with E-state index in [4.69, 9.17) is 0 Å². The van der Waals surface area contributed by atoms with Crippen molar-refractivity contribution in [2.75, 3.05) is 18.6 Å². The summed E-state index contributed by atoms with van der Waals surface area (Å²) in [5.74, 6) is -0.713. The van der Waals surface area contributed by atoms with Crippen LogP contribution in [0.5, 0.6) is 0 Å². The summed E-state index contributed by atoms with van der Waals surface area (Å²) in [4.78, 5) is 25.2. The lowest BCUT2D eigenvalue weighted by atomic mass is 10.1. The normalized spacial score (nSPS) is 14.9. The Labute approximate surface area is 125 Å². The molecule has 0 unspecified atom stereocenters. The quantitative estimate of drug-likeness (QED) is 0.572. The third-order valence-corrected chi connectivity index (χ3v) is 4.53. The Balaban J connectivity index is 2.14. The largest absolute Gasteiger partial charge is 0.274 e. The highest BCUT2D eigenvalue weighted by atomic mass is 127. The maximum absolute atomic E-state index is 12.1. The van der Waals surface area contributed by atoms with E-state index in [1.165, 1.54) is 0 Å². The summed E-state index contributed by atoms with van der Waals surface area (Å²) in [6.07, 6.45) is 1.40. The van der Waals surface area contributed by atoms with Gasteiger partial charge in [-0.3, -0.25) is 14.5 Å². The second-order valence-corrected chi connectivity index (χ2v) is 7.94. The first-order valence-electron chi connectivity index (χ1n) is 5.63. The van der Waals surface area contributed by atoms with Gasteiger partial charge in [0.15, 0.2) is 0 Å². The fraction of sp³-hybridized carbons (Fsp3) is 0.333. The molecular weight excluding hydrogens is 381 g/mol. The van der Waals surface area contributed by atoms with Crippen molar-refractivity contribution in [3.8, 4) is 0 Å². The zero-order valence-corrected chi connectivity index (χ0v) is 13.2. The van der Waals surface area contributed by atoms with Crippen LogP contribution in [0.3, 0.4) is 0 Å². The molecule has 0 radical (unpaired) electrons. The van der Waals surface area contributed by atoms with Gasteiger partial charge in [-0.05, 0) is 47.2 Å². The molecule has 1 aliphatic rings. The van der Waals surface area contributed by atoms with Crippen LogP contribution in [0, 0.1) is 3.57 Å². The Hall–Kier alpha value is -0.960. The smallest absolute Gasteiger partial charge is 0.261 e. The van der Waals surface area contributed by atoms with Gasteiger partial charge in [0.1, 0.15) is 9.84 Å².